The van der Waals surface area contributed by atoms with E-state index in [0.717, 1.165) is 0 Å². The molecule has 0 aliphatic heterocycles. The van der Waals surface area contributed by atoms with Gasteiger partial charge in [-0.15, -0.1) is 0 Å². The standard InChI is InChI=1S/C17H22N2O5/c1-11(2)17(3,8-16(21)22)19-15(20)10-24-13-6-5-12(9-18)7-14(13)23-4/h5-7,11H,8,10H2,1-4H3,(H,19,20)(H,21,22). The number of benzene rings is 1. The molecule has 1 aromatic rings. The van der Waals surface area contributed by atoms with Gasteiger partial charge in [-0.05, 0) is 25.0 Å². The van der Waals surface area contributed by atoms with Crippen LogP contribution >= 0.6 is 0 Å². The quantitative estimate of drug-likeness (QED) is 0.752. The van der Waals surface area contributed by atoms with Gasteiger partial charge in [0.15, 0.2) is 18.1 Å². The highest BCUT2D eigenvalue weighted by atomic mass is 16.5. The number of carboxylic acids is 1. The summed E-state index contributed by atoms with van der Waals surface area (Å²) in [4.78, 5) is 23.1. The zero-order valence-electron chi connectivity index (χ0n) is 14.3. The maximum absolute atomic E-state index is 12.1. The van der Waals surface area contributed by atoms with Gasteiger partial charge in [0.1, 0.15) is 0 Å². The molecule has 0 bridgehead atoms. The summed E-state index contributed by atoms with van der Waals surface area (Å²) in [6.45, 7) is 5.08. The van der Waals surface area contributed by atoms with Gasteiger partial charge in [0.25, 0.3) is 5.91 Å². The Morgan fingerprint density at radius 1 is 1.38 bits per heavy atom. The van der Waals surface area contributed by atoms with Crippen molar-refractivity contribution < 1.29 is 24.2 Å². The van der Waals surface area contributed by atoms with Crippen LogP contribution in [0.25, 0.3) is 0 Å². The van der Waals surface area contributed by atoms with Gasteiger partial charge in [0.2, 0.25) is 0 Å². The third-order valence-electron chi connectivity index (χ3n) is 3.87. The van der Waals surface area contributed by atoms with Crippen LogP contribution in [0.4, 0.5) is 0 Å². The van der Waals surface area contributed by atoms with E-state index in [9.17, 15) is 9.59 Å². The highest BCUT2D eigenvalue weighted by molar-refractivity contribution is 5.79. The van der Waals surface area contributed by atoms with Crippen molar-refractivity contribution in [1.29, 1.82) is 5.26 Å². The molecule has 0 radical (unpaired) electrons. The number of hydrogen-bond acceptors (Lipinski definition) is 5. The van der Waals surface area contributed by atoms with Crippen molar-refractivity contribution in [2.24, 2.45) is 5.92 Å². The molecule has 1 unspecified atom stereocenters. The number of nitriles is 1. The molecule has 24 heavy (non-hydrogen) atoms. The zero-order valence-corrected chi connectivity index (χ0v) is 14.3. The molecule has 0 heterocycles. The number of hydrogen-bond donors (Lipinski definition) is 2. The summed E-state index contributed by atoms with van der Waals surface area (Å²) in [5.41, 5.74) is -0.460. The van der Waals surface area contributed by atoms with Crippen molar-refractivity contribution in [3.05, 3.63) is 23.8 Å². The van der Waals surface area contributed by atoms with E-state index in [1.807, 2.05) is 19.9 Å². The lowest BCUT2D eigenvalue weighted by atomic mass is 9.85. The molecular weight excluding hydrogens is 312 g/mol. The monoisotopic (exact) mass is 334 g/mol. The number of ether oxygens (including phenoxy) is 2. The molecule has 0 aromatic heterocycles. The summed E-state index contributed by atoms with van der Waals surface area (Å²) in [6, 6.07) is 6.59. The summed E-state index contributed by atoms with van der Waals surface area (Å²) in [5, 5.41) is 20.6. The predicted molar refractivity (Wildman–Crippen MR) is 86.8 cm³/mol. The van der Waals surface area contributed by atoms with Crippen molar-refractivity contribution in [1.82, 2.24) is 5.32 Å². The average Bonchev–Trinajstić information content (AvgIpc) is 2.51. The largest absolute Gasteiger partial charge is 0.493 e. The molecule has 0 aliphatic rings. The second-order valence-electron chi connectivity index (χ2n) is 5.96. The first-order chi connectivity index (χ1) is 11.2. The number of carboxylic acid groups (broad SMARTS) is 1. The highest BCUT2D eigenvalue weighted by Crippen LogP contribution is 2.28. The Morgan fingerprint density at radius 3 is 2.54 bits per heavy atom. The first-order valence-electron chi connectivity index (χ1n) is 7.45. The fourth-order valence-corrected chi connectivity index (χ4v) is 2.06. The summed E-state index contributed by atoms with van der Waals surface area (Å²) >= 11 is 0. The number of nitrogens with zero attached hydrogens (tertiary/aromatic N) is 1. The van der Waals surface area contributed by atoms with Crippen molar-refractivity contribution in [2.75, 3.05) is 13.7 Å². The molecule has 0 spiro atoms. The first kappa shape index (κ1) is 19.3. The minimum atomic E-state index is -0.985. The van der Waals surface area contributed by atoms with Crippen LogP contribution in [-0.4, -0.2) is 36.2 Å². The first-order valence-corrected chi connectivity index (χ1v) is 7.45. The van der Waals surface area contributed by atoms with Gasteiger partial charge in [0, 0.05) is 6.07 Å². The van der Waals surface area contributed by atoms with E-state index in [0.29, 0.717) is 17.1 Å². The molecule has 0 fully saturated rings. The van der Waals surface area contributed by atoms with Crippen LogP contribution in [0.5, 0.6) is 11.5 Å². The van der Waals surface area contributed by atoms with Gasteiger partial charge >= 0.3 is 5.97 Å². The van der Waals surface area contributed by atoms with Crippen LogP contribution in [0.2, 0.25) is 0 Å². The summed E-state index contributed by atoms with van der Waals surface area (Å²) < 4.78 is 10.6. The Kier molecular flexibility index (Phi) is 6.59. The minimum absolute atomic E-state index is 0.0676. The second kappa shape index (κ2) is 8.20. The Hall–Kier alpha value is -2.75. The smallest absolute Gasteiger partial charge is 0.305 e. The van der Waals surface area contributed by atoms with E-state index in [4.69, 9.17) is 19.8 Å². The molecule has 1 atom stereocenters. The predicted octanol–water partition coefficient (Wildman–Crippen LogP) is 1.95. The number of carbonyl (C=O) groups is 2. The van der Waals surface area contributed by atoms with Gasteiger partial charge in [-0.25, -0.2) is 0 Å². The summed E-state index contributed by atoms with van der Waals surface area (Å²) in [7, 11) is 1.44. The average molecular weight is 334 g/mol. The van der Waals surface area contributed by atoms with Crippen LogP contribution in [0.3, 0.4) is 0 Å². The fraction of sp³-hybridized carbons (Fsp3) is 0.471. The third-order valence-corrected chi connectivity index (χ3v) is 3.87. The van der Waals surface area contributed by atoms with Gasteiger partial charge in [-0.2, -0.15) is 5.26 Å². The molecule has 1 amide bonds. The second-order valence-corrected chi connectivity index (χ2v) is 5.96. The lowest BCUT2D eigenvalue weighted by Gasteiger charge is -2.33. The van der Waals surface area contributed by atoms with E-state index in [2.05, 4.69) is 5.32 Å². The van der Waals surface area contributed by atoms with Crippen LogP contribution in [0.15, 0.2) is 18.2 Å². The zero-order chi connectivity index (χ0) is 18.3. The van der Waals surface area contributed by atoms with Crippen molar-refractivity contribution in [3.8, 4) is 17.6 Å². The van der Waals surface area contributed by atoms with Crippen molar-refractivity contribution in [3.63, 3.8) is 0 Å². The van der Waals surface area contributed by atoms with Crippen LogP contribution < -0.4 is 14.8 Å². The molecule has 0 saturated heterocycles. The molecule has 1 rings (SSSR count). The number of amides is 1. The number of rotatable bonds is 8. The van der Waals surface area contributed by atoms with Crippen molar-refractivity contribution in [2.45, 2.75) is 32.7 Å². The lowest BCUT2D eigenvalue weighted by molar-refractivity contribution is -0.139. The Bertz CT molecular complexity index is 651. The molecule has 7 nitrogen and oxygen atoms in total. The SMILES string of the molecule is COc1cc(C#N)ccc1OCC(=O)NC(C)(CC(=O)O)C(C)C. The Balaban J connectivity index is 2.75. The number of aliphatic carboxylic acids is 1. The molecule has 130 valence electrons. The van der Waals surface area contributed by atoms with Crippen LogP contribution in [0.1, 0.15) is 32.8 Å². The maximum atomic E-state index is 12.1. The van der Waals surface area contributed by atoms with E-state index in [1.165, 1.54) is 13.2 Å². The molecule has 0 saturated carbocycles. The Labute approximate surface area is 141 Å². The van der Waals surface area contributed by atoms with Crippen LogP contribution in [-0.2, 0) is 9.59 Å². The summed E-state index contributed by atoms with van der Waals surface area (Å²) in [6.07, 6.45) is -0.184. The number of carbonyl (C=O) groups excluding carboxylic acids is 1. The Morgan fingerprint density at radius 2 is 2.04 bits per heavy atom. The lowest BCUT2D eigenvalue weighted by Crippen LogP contribution is -2.52. The summed E-state index contributed by atoms with van der Waals surface area (Å²) in [5.74, 6) is -0.808. The van der Waals surface area contributed by atoms with E-state index >= 15 is 0 Å². The van der Waals surface area contributed by atoms with E-state index in [1.54, 1.807) is 19.1 Å². The van der Waals surface area contributed by atoms with Gasteiger partial charge in [0.05, 0.1) is 30.7 Å². The molecule has 2 N–H and O–H groups in total. The van der Waals surface area contributed by atoms with Gasteiger partial charge in [-0.3, -0.25) is 9.59 Å². The highest BCUT2D eigenvalue weighted by Gasteiger charge is 2.32. The topological polar surface area (TPSA) is 109 Å². The van der Waals surface area contributed by atoms with Gasteiger partial charge in [-0.1, -0.05) is 13.8 Å². The van der Waals surface area contributed by atoms with E-state index < -0.39 is 17.4 Å². The number of methoxy groups -OCH3 is 1. The molecule has 1 aromatic carbocycles. The van der Waals surface area contributed by atoms with Crippen molar-refractivity contribution >= 4 is 11.9 Å². The van der Waals surface area contributed by atoms with E-state index in [-0.39, 0.29) is 18.9 Å². The minimum Gasteiger partial charge on any atom is -0.493 e. The molecule has 7 heteroatoms. The molecular formula is C17H22N2O5. The fourth-order valence-electron chi connectivity index (χ4n) is 2.06. The van der Waals surface area contributed by atoms with Crippen LogP contribution in [0, 0.1) is 17.2 Å². The third kappa shape index (κ3) is 5.16. The van der Waals surface area contributed by atoms with Gasteiger partial charge < -0.3 is 19.9 Å². The molecule has 0 aliphatic carbocycles. The maximum Gasteiger partial charge on any atom is 0.305 e. The normalized spacial score (nSPS) is 12.8. The number of nitrogens with one attached hydrogen (secondary N) is 1.